The molecule has 3 rings (SSSR count). The van der Waals surface area contributed by atoms with E-state index in [0.29, 0.717) is 0 Å². The van der Waals surface area contributed by atoms with Crippen LogP contribution in [0.1, 0.15) is 18.7 Å². The van der Waals surface area contributed by atoms with Gasteiger partial charge in [0.25, 0.3) is 0 Å². The molecular weight excluding hydrogens is 244 g/mol. The highest BCUT2D eigenvalue weighted by molar-refractivity contribution is 7.99. The topological polar surface area (TPSA) is 33.1 Å². The third kappa shape index (κ3) is 3.08. The molecule has 0 bridgehead atoms. The van der Waals surface area contributed by atoms with Crippen molar-refractivity contribution in [2.24, 2.45) is 0 Å². The van der Waals surface area contributed by atoms with Crippen LogP contribution in [-0.4, -0.2) is 51.6 Å². The number of aromatic nitrogens is 2. The minimum absolute atomic E-state index is 0.887. The first kappa shape index (κ1) is 12.5. The fourth-order valence-electron chi connectivity index (χ4n) is 2.72. The van der Waals surface area contributed by atoms with E-state index < -0.39 is 0 Å². The SMILES string of the molecule is c1cn2c(n1)CN(CCSC1CCNCC1)CC2. The molecule has 4 nitrogen and oxygen atoms in total. The lowest BCUT2D eigenvalue weighted by atomic mass is 10.2. The second-order valence-corrected chi connectivity index (χ2v) is 6.54. The lowest BCUT2D eigenvalue weighted by Gasteiger charge is -2.28. The van der Waals surface area contributed by atoms with E-state index in [1.807, 2.05) is 6.20 Å². The number of piperidine rings is 1. The summed E-state index contributed by atoms with van der Waals surface area (Å²) >= 11 is 2.17. The number of hydrogen-bond donors (Lipinski definition) is 1. The second kappa shape index (κ2) is 6.08. The minimum atomic E-state index is 0.887. The molecule has 1 N–H and O–H groups in total. The number of hydrogen-bond acceptors (Lipinski definition) is 4. The van der Waals surface area contributed by atoms with Gasteiger partial charge in [-0.05, 0) is 25.9 Å². The van der Waals surface area contributed by atoms with Gasteiger partial charge in [-0.2, -0.15) is 11.8 Å². The Balaban J connectivity index is 1.39. The van der Waals surface area contributed by atoms with Crippen molar-refractivity contribution >= 4 is 11.8 Å². The van der Waals surface area contributed by atoms with Gasteiger partial charge in [0, 0.05) is 43.0 Å². The Bertz CT molecular complexity index is 373. The molecule has 1 aromatic heterocycles. The largest absolute Gasteiger partial charge is 0.333 e. The lowest BCUT2D eigenvalue weighted by Crippen LogP contribution is -2.35. The molecule has 5 heteroatoms. The summed E-state index contributed by atoms with van der Waals surface area (Å²) in [7, 11) is 0. The second-order valence-electron chi connectivity index (χ2n) is 5.13. The Morgan fingerprint density at radius 2 is 2.22 bits per heavy atom. The van der Waals surface area contributed by atoms with Gasteiger partial charge in [-0.25, -0.2) is 4.98 Å². The number of nitrogens with zero attached hydrogens (tertiary/aromatic N) is 3. The Labute approximate surface area is 113 Å². The first-order chi connectivity index (χ1) is 8.92. The lowest BCUT2D eigenvalue weighted by molar-refractivity contribution is 0.230. The van der Waals surface area contributed by atoms with Crippen molar-refractivity contribution in [2.45, 2.75) is 31.2 Å². The summed E-state index contributed by atoms with van der Waals surface area (Å²) in [6.07, 6.45) is 6.70. The van der Waals surface area contributed by atoms with Crippen molar-refractivity contribution in [1.29, 1.82) is 0 Å². The van der Waals surface area contributed by atoms with Gasteiger partial charge in [-0.1, -0.05) is 0 Å². The van der Waals surface area contributed by atoms with Crippen LogP contribution in [0.2, 0.25) is 0 Å². The van der Waals surface area contributed by atoms with Crippen LogP contribution in [0.3, 0.4) is 0 Å². The standard InChI is InChI=1S/C13H22N4S/c1-3-14-4-2-12(1)18-10-9-16-7-8-17-6-5-15-13(17)11-16/h5-6,12,14H,1-4,7-11H2. The smallest absolute Gasteiger partial charge is 0.122 e. The molecule has 2 aliphatic rings. The highest BCUT2D eigenvalue weighted by atomic mass is 32.2. The third-order valence-corrected chi connectivity index (χ3v) is 5.23. The maximum absolute atomic E-state index is 4.41. The molecule has 100 valence electrons. The van der Waals surface area contributed by atoms with Gasteiger partial charge in [0.2, 0.25) is 0 Å². The van der Waals surface area contributed by atoms with Crippen molar-refractivity contribution in [3.8, 4) is 0 Å². The zero-order chi connectivity index (χ0) is 12.2. The maximum Gasteiger partial charge on any atom is 0.122 e. The van der Waals surface area contributed by atoms with Gasteiger partial charge in [-0.15, -0.1) is 0 Å². The number of rotatable bonds is 4. The maximum atomic E-state index is 4.41. The predicted octanol–water partition coefficient (Wildman–Crippen LogP) is 1.18. The first-order valence-corrected chi connectivity index (χ1v) is 8.01. The molecule has 0 amide bonds. The molecule has 0 unspecified atom stereocenters. The van der Waals surface area contributed by atoms with Crippen molar-refractivity contribution in [2.75, 3.05) is 31.9 Å². The summed E-state index contributed by atoms with van der Waals surface area (Å²) in [5.74, 6) is 2.50. The molecule has 0 radical (unpaired) electrons. The van der Waals surface area contributed by atoms with E-state index >= 15 is 0 Å². The zero-order valence-electron chi connectivity index (χ0n) is 10.8. The van der Waals surface area contributed by atoms with Gasteiger partial charge >= 0.3 is 0 Å². The number of thioether (sulfide) groups is 1. The van der Waals surface area contributed by atoms with E-state index in [1.165, 1.54) is 50.6 Å². The van der Waals surface area contributed by atoms with Crippen LogP contribution in [0.5, 0.6) is 0 Å². The molecule has 0 atom stereocenters. The number of fused-ring (bicyclic) bond motifs is 1. The van der Waals surface area contributed by atoms with Gasteiger partial charge in [0.05, 0.1) is 6.54 Å². The fraction of sp³-hybridized carbons (Fsp3) is 0.769. The van der Waals surface area contributed by atoms with Crippen molar-refractivity contribution in [3.05, 3.63) is 18.2 Å². The molecule has 1 aromatic rings. The van der Waals surface area contributed by atoms with Crippen LogP contribution in [0.15, 0.2) is 12.4 Å². The van der Waals surface area contributed by atoms with Gasteiger partial charge in [0.15, 0.2) is 0 Å². The van der Waals surface area contributed by atoms with Crippen LogP contribution >= 0.6 is 11.8 Å². The average Bonchev–Trinajstić information content (AvgIpc) is 2.87. The van der Waals surface area contributed by atoms with Crippen LogP contribution < -0.4 is 5.32 Å². The Morgan fingerprint density at radius 1 is 1.33 bits per heavy atom. The van der Waals surface area contributed by atoms with E-state index in [4.69, 9.17) is 0 Å². The van der Waals surface area contributed by atoms with Crippen LogP contribution in [0.4, 0.5) is 0 Å². The molecule has 3 heterocycles. The van der Waals surface area contributed by atoms with Crippen molar-refractivity contribution in [3.63, 3.8) is 0 Å². The van der Waals surface area contributed by atoms with Crippen molar-refractivity contribution in [1.82, 2.24) is 19.8 Å². The summed E-state index contributed by atoms with van der Waals surface area (Å²) in [5.41, 5.74) is 0. The van der Waals surface area contributed by atoms with E-state index in [-0.39, 0.29) is 0 Å². The van der Waals surface area contributed by atoms with E-state index in [1.54, 1.807) is 0 Å². The quantitative estimate of drug-likeness (QED) is 0.887. The third-order valence-electron chi connectivity index (χ3n) is 3.87. The van der Waals surface area contributed by atoms with E-state index in [0.717, 1.165) is 18.3 Å². The minimum Gasteiger partial charge on any atom is -0.333 e. The summed E-state index contributed by atoms with van der Waals surface area (Å²) in [6, 6.07) is 0. The zero-order valence-corrected chi connectivity index (χ0v) is 11.7. The number of imidazole rings is 1. The molecule has 1 saturated heterocycles. The molecule has 0 aromatic carbocycles. The molecule has 18 heavy (non-hydrogen) atoms. The normalized spacial score (nSPS) is 22.0. The Morgan fingerprint density at radius 3 is 3.11 bits per heavy atom. The van der Waals surface area contributed by atoms with Crippen LogP contribution in [0, 0.1) is 0 Å². The molecule has 0 saturated carbocycles. The Kier molecular flexibility index (Phi) is 4.23. The highest BCUT2D eigenvalue weighted by Crippen LogP contribution is 2.20. The Hall–Kier alpha value is -0.520. The summed E-state index contributed by atoms with van der Waals surface area (Å²) in [6.45, 7) is 6.93. The monoisotopic (exact) mass is 266 g/mol. The highest BCUT2D eigenvalue weighted by Gasteiger charge is 2.17. The molecular formula is C13H22N4S. The average molecular weight is 266 g/mol. The van der Waals surface area contributed by atoms with Crippen molar-refractivity contribution < 1.29 is 0 Å². The van der Waals surface area contributed by atoms with E-state index in [2.05, 4.69) is 37.7 Å². The fourth-order valence-corrected chi connectivity index (χ4v) is 3.99. The number of nitrogens with one attached hydrogen (secondary N) is 1. The van der Waals surface area contributed by atoms with Gasteiger partial charge < -0.3 is 9.88 Å². The predicted molar refractivity (Wildman–Crippen MR) is 75.9 cm³/mol. The van der Waals surface area contributed by atoms with Gasteiger partial charge in [0.1, 0.15) is 5.82 Å². The molecule has 2 aliphatic heterocycles. The van der Waals surface area contributed by atoms with E-state index in [9.17, 15) is 0 Å². The van der Waals surface area contributed by atoms with Crippen LogP contribution in [0.25, 0.3) is 0 Å². The first-order valence-electron chi connectivity index (χ1n) is 6.96. The molecule has 0 aliphatic carbocycles. The summed E-state index contributed by atoms with van der Waals surface area (Å²) < 4.78 is 2.27. The molecule has 1 fully saturated rings. The summed E-state index contributed by atoms with van der Waals surface area (Å²) in [4.78, 5) is 6.95. The molecule has 0 spiro atoms. The van der Waals surface area contributed by atoms with Gasteiger partial charge in [-0.3, -0.25) is 4.90 Å². The van der Waals surface area contributed by atoms with Crippen LogP contribution in [-0.2, 0) is 13.1 Å². The summed E-state index contributed by atoms with van der Waals surface area (Å²) in [5, 5.41) is 4.31.